The number of carbonyl (C=O) groups is 2. The number of hydrogen-bond donors (Lipinski definition) is 1. The third-order valence-corrected chi connectivity index (χ3v) is 3.97. The zero-order valence-corrected chi connectivity index (χ0v) is 13.3. The topological polar surface area (TPSA) is 55.4 Å². The van der Waals surface area contributed by atoms with Gasteiger partial charge in [-0.05, 0) is 24.2 Å². The maximum atomic E-state index is 11.9. The molecule has 1 saturated carbocycles. The normalized spacial score (nSPS) is 18.4. The number of amides is 1. The van der Waals surface area contributed by atoms with E-state index < -0.39 is 12.1 Å². The van der Waals surface area contributed by atoms with Crippen LogP contribution in [0.5, 0.6) is 0 Å². The van der Waals surface area contributed by atoms with E-state index >= 15 is 0 Å². The third kappa shape index (κ3) is 5.51. The molecule has 0 heterocycles. The van der Waals surface area contributed by atoms with Gasteiger partial charge >= 0.3 is 6.09 Å². The van der Waals surface area contributed by atoms with Crippen LogP contribution in [-0.4, -0.2) is 24.5 Å². The molecule has 1 atom stereocenters. The molecule has 0 aromatic carbocycles. The molecule has 1 amide bonds. The number of alkyl carbamates (subject to hydrolysis) is 1. The van der Waals surface area contributed by atoms with Crippen molar-refractivity contribution in [2.24, 2.45) is 11.3 Å². The van der Waals surface area contributed by atoms with Crippen molar-refractivity contribution in [3.8, 4) is 0 Å². The van der Waals surface area contributed by atoms with Crippen LogP contribution in [-0.2, 0) is 9.53 Å². The van der Waals surface area contributed by atoms with Crippen LogP contribution in [0.25, 0.3) is 0 Å². The summed E-state index contributed by atoms with van der Waals surface area (Å²) in [5.41, 5.74) is -0.295. The van der Waals surface area contributed by atoms with E-state index in [0.717, 1.165) is 12.8 Å². The van der Waals surface area contributed by atoms with Crippen molar-refractivity contribution in [1.82, 2.24) is 5.32 Å². The van der Waals surface area contributed by atoms with Gasteiger partial charge in [-0.3, -0.25) is 4.79 Å². The maximum absolute atomic E-state index is 11.9. The van der Waals surface area contributed by atoms with Crippen molar-refractivity contribution in [2.45, 2.75) is 72.3 Å². The summed E-state index contributed by atoms with van der Waals surface area (Å²) in [6, 6.07) is -0.480. The molecule has 0 aromatic rings. The smallest absolute Gasteiger partial charge is 0.407 e. The standard InChI is InChI=1S/C16H29NO3/c1-5-13(18)14(16(2,3)4)17-15(19)20-11-12-9-7-6-8-10-12/h12,14H,5-11H2,1-4H3,(H,17,19). The number of rotatable bonds is 5. The molecule has 1 fully saturated rings. The molecule has 1 aliphatic carbocycles. The Morgan fingerprint density at radius 3 is 2.30 bits per heavy atom. The highest BCUT2D eigenvalue weighted by atomic mass is 16.5. The van der Waals surface area contributed by atoms with Gasteiger partial charge < -0.3 is 10.1 Å². The average molecular weight is 283 g/mol. The lowest BCUT2D eigenvalue weighted by atomic mass is 9.83. The lowest BCUT2D eigenvalue weighted by Gasteiger charge is -2.30. The highest BCUT2D eigenvalue weighted by Gasteiger charge is 2.32. The van der Waals surface area contributed by atoms with Crippen LogP contribution in [0.15, 0.2) is 0 Å². The van der Waals surface area contributed by atoms with Crippen LogP contribution in [0.2, 0.25) is 0 Å². The van der Waals surface area contributed by atoms with Crippen LogP contribution >= 0.6 is 0 Å². The molecule has 0 aromatic heterocycles. The Bertz CT molecular complexity index is 327. The first-order valence-electron chi connectivity index (χ1n) is 7.80. The maximum Gasteiger partial charge on any atom is 0.407 e. The summed E-state index contributed by atoms with van der Waals surface area (Å²) < 4.78 is 5.30. The number of carbonyl (C=O) groups excluding carboxylic acids is 2. The molecule has 0 saturated heterocycles. The van der Waals surface area contributed by atoms with Gasteiger partial charge in [-0.1, -0.05) is 47.0 Å². The van der Waals surface area contributed by atoms with Crippen LogP contribution in [0, 0.1) is 11.3 Å². The molecule has 0 spiro atoms. The fourth-order valence-corrected chi connectivity index (χ4v) is 2.69. The van der Waals surface area contributed by atoms with Crippen molar-refractivity contribution < 1.29 is 14.3 Å². The molecule has 4 heteroatoms. The number of ether oxygens (including phenoxy) is 1. The lowest BCUT2D eigenvalue weighted by Crippen LogP contribution is -2.49. The lowest BCUT2D eigenvalue weighted by molar-refractivity contribution is -0.123. The van der Waals surface area contributed by atoms with Gasteiger partial charge in [0, 0.05) is 6.42 Å². The van der Waals surface area contributed by atoms with E-state index in [-0.39, 0.29) is 11.2 Å². The predicted octanol–water partition coefficient (Wildman–Crippen LogP) is 3.69. The van der Waals surface area contributed by atoms with E-state index in [1.165, 1.54) is 19.3 Å². The van der Waals surface area contributed by atoms with Crippen LogP contribution in [0.1, 0.15) is 66.2 Å². The molecular formula is C16H29NO3. The monoisotopic (exact) mass is 283 g/mol. The molecule has 1 N–H and O–H groups in total. The summed E-state index contributed by atoms with van der Waals surface area (Å²) in [5, 5.41) is 2.74. The van der Waals surface area contributed by atoms with Gasteiger partial charge in [-0.15, -0.1) is 0 Å². The molecule has 1 aliphatic rings. The molecule has 116 valence electrons. The first-order chi connectivity index (χ1) is 9.34. The molecule has 0 radical (unpaired) electrons. The molecule has 20 heavy (non-hydrogen) atoms. The van der Waals surface area contributed by atoms with Crippen LogP contribution < -0.4 is 5.32 Å². The van der Waals surface area contributed by atoms with Crippen molar-refractivity contribution in [2.75, 3.05) is 6.61 Å². The highest BCUT2D eigenvalue weighted by Crippen LogP contribution is 2.24. The fourth-order valence-electron chi connectivity index (χ4n) is 2.69. The number of Topliss-reactive ketones (excluding diaryl/α,β-unsaturated/α-hetero) is 1. The first-order valence-corrected chi connectivity index (χ1v) is 7.80. The second-order valence-electron chi connectivity index (χ2n) is 6.87. The minimum absolute atomic E-state index is 0.0483. The van der Waals surface area contributed by atoms with Crippen molar-refractivity contribution >= 4 is 11.9 Å². The van der Waals surface area contributed by atoms with Gasteiger partial charge in [-0.25, -0.2) is 4.79 Å². The van der Waals surface area contributed by atoms with E-state index in [4.69, 9.17) is 4.74 Å². The molecule has 1 unspecified atom stereocenters. The average Bonchev–Trinajstić information content (AvgIpc) is 2.41. The molecular weight excluding hydrogens is 254 g/mol. The van der Waals surface area contributed by atoms with Gasteiger partial charge in [0.25, 0.3) is 0 Å². The first kappa shape index (κ1) is 17.0. The van der Waals surface area contributed by atoms with Gasteiger partial charge in [0.2, 0.25) is 0 Å². The fraction of sp³-hybridized carbons (Fsp3) is 0.875. The summed E-state index contributed by atoms with van der Waals surface area (Å²) in [6.07, 6.45) is 6.00. The Morgan fingerprint density at radius 1 is 1.20 bits per heavy atom. The third-order valence-electron chi connectivity index (χ3n) is 3.97. The minimum Gasteiger partial charge on any atom is -0.449 e. The number of hydrogen-bond acceptors (Lipinski definition) is 3. The van der Waals surface area contributed by atoms with Crippen LogP contribution in [0.3, 0.4) is 0 Å². The summed E-state index contributed by atoms with van der Waals surface area (Å²) in [4.78, 5) is 23.8. The zero-order valence-electron chi connectivity index (χ0n) is 13.3. The molecule has 0 aliphatic heterocycles. The molecule has 4 nitrogen and oxygen atoms in total. The van der Waals surface area contributed by atoms with Gasteiger partial charge in [0.15, 0.2) is 5.78 Å². The Morgan fingerprint density at radius 2 is 1.80 bits per heavy atom. The number of ketones is 1. The minimum atomic E-state index is -0.480. The van der Waals surface area contributed by atoms with Crippen molar-refractivity contribution in [3.05, 3.63) is 0 Å². The van der Waals surface area contributed by atoms with Gasteiger partial charge in [0.05, 0.1) is 12.6 Å². The summed E-state index contributed by atoms with van der Waals surface area (Å²) in [6.45, 7) is 8.14. The second-order valence-corrected chi connectivity index (χ2v) is 6.87. The Kier molecular flexibility index (Phi) is 6.50. The SMILES string of the molecule is CCC(=O)C(NC(=O)OCC1CCCCC1)C(C)(C)C. The Labute approximate surface area is 122 Å². The largest absolute Gasteiger partial charge is 0.449 e. The summed E-state index contributed by atoms with van der Waals surface area (Å²) in [7, 11) is 0. The Balaban J connectivity index is 2.43. The van der Waals surface area contributed by atoms with Crippen molar-refractivity contribution in [3.63, 3.8) is 0 Å². The summed E-state index contributed by atoms with van der Waals surface area (Å²) in [5.74, 6) is 0.538. The highest BCUT2D eigenvalue weighted by molar-refractivity contribution is 5.87. The quantitative estimate of drug-likeness (QED) is 0.837. The second kappa shape index (κ2) is 7.65. The molecule has 1 rings (SSSR count). The zero-order chi connectivity index (χ0) is 15.2. The van der Waals surface area contributed by atoms with Crippen molar-refractivity contribution in [1.29, 1.82) is 0 Å². The number of nitrogens with one attached hydrogen (secondary N) is 1. The Hall–Kier alpha value is -1.06. The van der Waals surface area contributed by atoms with E-state index in [0.29, 0.717) is 18.9 Å². The van der Waals surface area contributed by atoms with E-state index in [1.807, 2.05) is 27.7 Å². The van der Waals surface area contributed by atoms with E-state index in [1.54, 1.807) is 0 Å². The summed E-state index contributed by atoms with van der Waals surface area (Å²) >= 11 is 0. The van der Waals surface area contributed by atoms with E-state index in [2.05, 4.69) is 5.32 Å². The van der Waals surface area contributed by atoms with Gasteiger partial charge in [-0.2, -0.15) is 0 Å². The molecule has 0 bridgehead atoms. The van der Waals surface area contributed by atoms with Gasteiger partial charge in [0.1, 0.15) is 0 Å². The van der Waals surface area contributed by atoms with Crippen LogP contribution in [0.4, 0.5) is 4.79 Å². The van der Waals surface area contributed by atoms with E-state index in [9.17, 15) is 9.59 Å². The predicted molar refractivity (Wildman–Crippen MR) is 79.6 cm³/mol.